The lowest BCUT2D eigenvalue weighted by atomic mass is 9.58. The maximum atomic E-state index is 6.23. The zero-order chi connectivity index (χ0) is 21.6. The molecule has 3 fully saturated rings. The van der Waals surface area contributed by atoms with E-state index in [1.54, 1.807) is 0 Å². The van der Waals surface area contributed by atoms with E-state index in [-0.39, 0.29) is 30.4 Å². The van der Waals surface area contributed by atoms with Crippen LogP contribution in [0.4, 0.5) is 0 Å². The summed E-state index contributed by atoms with van der Waals surface area (Å²) in [6.45, 7) is 26.5. The number of nitrogens with two attached hydrogens (primary N) is 1. The van der Waals surface area contributed by atoms with Crippen LogP contribution >= 0.6 is 24.8 Å². The lowest BCUT2D eigenvalue weighted by Gasteiger charge is -2.54. The van der Waals surface area contributed by atoms with E-state index < -0.39 is 0 Å². The Bertz CT molecular complexity index is 482. The fourth-order valence-electron chi connectivity index (χ4n) is 8.69. The van der Waals surface area contributed by atoms with Gasteiger partial charge in [-0.25, -0.2) is 0 Å². The van der Waals surface area contributed by atoms with E-state index in [1.165, 1.54) is 51.6 Å². The smallest absolute Gasteiger partial charge is 0.0191 e. The molecule has 2 N–H and O–H groups in total. The Hall–Kier alpha value is 0.500. The molecule has 3 rings (SSSR count). The lowest BCUT2D eigenvalue weighted by Crippen LogP contribution is -2.54. The molecule has 0 atom stereocenters. The van der Waals surface area contributed by atoms with Crippen LogP contribution in [0.25, 0.3) is 0 Å². The zero-order valence-corrected chi connectivity index (χ0v) is 23.5. The molecule has 4 heteroatoms. The minimum absolute atomic E-state index is 0. The number of rotatable bonds is 1. The van der Waals surface area contributed by atoms with Gasteiger partial charge in [0.1, 0.15) is 0 Å². The van der Waals surface area contributed by atoms with Crippen LogP contribution in [0.1, 0.15) is 121 Å². The Morgan fingerprint density at radius 2 is 0.800 bits per heavy atom. The molecular weight excluding hydrogens is 411 g/mol. The minimum atomic E-state index is 0. The van der Waals surface area contributed by atoms with Gasteiger partial charge in [-0.05, 0) is 100.0 Å². The van der Waals surface area contributed by atoms with Gasteiger partial charge in [-0.2, -0.15) is 0 Å². The second-order valence-corrected chi connectivity index (χ2v) is 14.6. The van der Waals surface area contributed by atoms with Crippen LogP contribution in [0.3, 0.4) is 0 Å². The van der Waals surface area contributed by atoms with E-state index >= 15 is 0 Å². The SMILES string of the molecule is CC1(C)CC(C)(C)CC(C)(N)C1.CC1(C)CC(C)(C)CC(C)(N2CCCC2)C1.Cl.Cl. The normalized spacial score (nSPS) is 30.1. The Morgan fingerprint density at radius 1 is 0.500 bits per heavy atom. The van der Waals surface area contributed by atoms with Crippen molar-refractivity contribution in [2.45, 2.75) is 132 Å². The van der Waals surface area contributed by atoms with Crippen molar-refractivity contribution in [2.75, 3.05) is 13.1 Å². The summed E-state index contributed by atoms with van der Waals surface area (Å²) in [5.41, 5.74) is 8.61. The average molecular weight is 466 g/mol. The molecule has 1 aliphatic heterocycles. The fraction of sp³-hybridized carbons (Fsp3) is 1.00. The van der Waals surface area contributed by atoms with Gasteiger partial charge in [0.2, 0.25) is 0 Å². The van der Waals surface area contributed by atoms with Crippen LogP contribution in [0.5, 0.6) is 0 Å². The molecule has 3 aliphatic rings. The highest BCUT2D eigenvalue weighted by atomic mass is 35.5. The molecule has 2 aliphatic carbocycles. The van der Waals surface area contributed by atoms with E-state index in [1.807, 2.05) is 0 Å². The largest absolute Gasteiger partial charge is 0.325 e. The first-order valence-electron chi connectivity index (χ1n) is 11.9. The van der Waals surface area contributed by atoms with Gasteiger partial charge in [0.05, 0.1) is 0 Å². The summed E-state index contributed by atoms with van der Waals surface area (Å²) in [7, 11) is 0. The lowest BCUT2D eigenvalue weighted by molar-refractivity contribution is -0.0274. The first-order chi connectivity index (χ1) is 12.3. The first kappa shape index (κ1) is 30.5. The highest BCUT2D eigenvalue weighted by Gasteiger charge is 2.48. The van der Waals surface area contributed by atoms with Gasteiger partial charge in [0.25, 0.3) is 0 Å². The molecule has 0 aromatic rings. The third kappa shape index (κ3) is 8.80. The van der Waals surface area contributed by atoms with Crippen LogP contribution in [0, 0.1) is 21.7 Å². The molecule has 0 aromatic carbocycles. The summed E-state index contributed by atoms with van der Waals surface area (Å²) in [5.74, 6) is 0. The first-order valence-corrected chi connectivity index (χ1v) is 11.9. The number of hydrogen-bond acceptors (Lipinski definition) is 2. The molecule has 0 bridgehead atoms. The molecule has 0 amide bonds. The molecule has 1 saturated heterocycles. The topological polar surface area (TPSA) is 29.3 Å². The molecule has 182 valence electrons. The van der Waals surface area contributed by atoms with Gasteiger partial charge in [0.15, 0.2) is 0 Å². The Morgan fingerprint density at radius 3 is 1.10 bits per heavy atom. The number of hydrogen-bond donors (Lipinski definition) is 1. The van der Waals surface area contributed by atoms with Gasteiger partial charge in [-0.1, -0.05) is 55.4 Å². The highest BCUT2D eigenvalue weighted by molar-refractivity contribution is 5.85. The molecule has 0 unspecified atom stereocenters. The van der Waals surface area contributed by atoms with Crippen molar-refractivity contribution >= 4 is 24.8 Å². The van der Waals surface area contributed by atoms with Crippen LogP contribution < -0.4 is 5.73 Å². The van der Waals surface area contributed by atoms with Crippen molar-refractivity contribution in [3.8, 4) is 0 Å². The molecule has 2 saturated carbocycles. The summed E-state index contributed by atoms with van der Waals surface area (Å²) in [5, 5.41) is 0. The Kier molecular flexibility index (Phi) is 9.94. The van der Waals surface area contributed by atoms with Crippen LogP contribution in [0.15, 0.2) is 0 Å². The second kappa shape index (κ2) is 9.78. The molecule has 2 nitrogen and oxygen atoms in total. The van der Waals surface area contributed by atoms with Crippen molar-refractivity contribution < 1.29 is 0 Å². The van der Waals surface area contributed by atoms with Crippen LogP contribution in [0.2, 0.25) is 0 Å². The number of nitrogens with zero attached hydrogens (tertiary/aromatic N) is 1. The predicted octanol–water partition coefficient (Wildman–Crippen LogP) is 7.86. The summed E-state index contributed by atoms with van der Waals surface area (Å²) < 4.78 is 0. The maximum absolute atomic E-state index is 6.23. The van der Waals surface area contributed by atoms with E-state index in [0.717, 1.165) is 12.8 Å². The van der Waals surface area contributed by atoms with Crippen molar-refractivity contribution in [3.63, 3.8) is 0 Å². The molecule has 1 heterocycles. The fourth-order valence-corrected chi connectivity index (χ4v) is 8.69. The molecular formula is C26H54Cl2N2. The monoisotopic (exact) mass is 464 g/mol. The number of likely N-dealkylation sites (tertiary alicyclic amines) is 1. The maximum Gasteiger partial charge on any atom is 0.0191 e. The number of halogens is 2. The van der Waals surface area contributed by atoms with E-state index in [2.05, 4.69) is 74.1 Å². The van der Waals surface area contributed by atoms with Crippen molar-refractivity contribution in [2.24, 2.45) is 27.4 Å². The van der Waals surface area contributed by atoms with E-state index in [0.29, 0.717) is 27.2 Å². The van der Waals surface area contributed by atoms with E-state index in [4.69, 9.17) is 5.73 Å². The third-order valence-corrected chi connectivity index (χ3v) is 7.27. The average Bonchev–Trinajstić information content (AvgIpc) is 2.81. The summed E-state index contributed by atoms with van der Waals surface area (Å²) in [6.07, 6.45) is 10.6. The quantitative estimate of drug-likeness (QED) is 0.427. The molecule has 0 spiro atoms. The van der Waals surface area contributed by atoms with Crippen LogP contribution in [-0.2, 0) is 0 Å². The summed E-state index contributed by atoms with van der Waals surface area (Å²) >= 11 is 0. The Balaban J connectivity index is 0.000000545. The van der Waals surface area contributed by atoms with Gasteiger partial charge >= 0.3 is 0 Å². The third-order valence-electron chi connectivity index (χ3n) is 7.27. The van der Waals surface area contributed by atoms with Gasteiger partial charge in [-0.3, -0.25) is 4.90 Å². The molecule has 0 radical (unpaired) electrons. The molecule has 0 aromatic heterocycles. The summed E-state index contributed by atoms with van der Waals surface area (Å²) in [6, 6.07) is 0. The van der Waals surface area contributed by atoms with Crippen molar-refractivity contribution in [1.29, 1.82) is 0 Å². The van der Waals surface area contributed by atoms with Crippen molar-refractivity contribution in [1.82, 2.24) is 4.90 Å². The van der Waals surface area contributed by atoms with Gasteiger partial charge in [0, 0.05) is 11.1 Å². The summed E-state index contributed by atoms with van der Waals surface area (Å²) in [4.78, 5) is 2.77. The predicted molar refractivity (Wildman–Crippen MR) is 139 cm³/mol. The van der Waals surface area contributed by atoms with E-state index in [9.17, 15) is 0 Å². The zero-order valence-electron chi connectivity index (χ0n) is 21.9. The van der Waals surface area contributed by atoms with Gasteiger partial charge < -0.3 is 5.73 Å². The van der Waals surface area contributed by atoms with Crippen molar-refractivity contribution in [3.05, 3.63) is 0 Å². The Labute approximate surface area is 201 Å². The minimum Gasteiger partial charge on any atom is -0.325 e. The van der Waals surface area contributed by atoms with Crippen LogP contribution in [-0.4, -0.2) is 29.1 Å². The molecule has 30 heavy (non-hydrogen) atoms. The van der Waals surface area contributed by atoms with Gasteiger partial charge in [-0.15, -0.1) is 24.8 Å². The second-order valence-electron chi connectivity index (χ2n) is 14.6. The standard InChI is InChI=1S/C15H29N.C11H23N.2ClH/c1-13(2)10-14(3,4)12-15(5,11-13)16-8-6-7-9-16;1-9(2)6-10(3,4)8-11(5,12)7-9;;/h6-12H2,1-5H3;6-8,12H2,1-5H3;2*1H. The highest BCUT2D eigenvalue weighted by Crippen LogP contribution is 2.52.